The Hall–Kier alpha value is -2.25. The molecule has 7 heteroatoms. The van der Waals surface area contributed by atoms with Crippen molar-refractivity contribution in [1.29, 1.82) is 0 Å². The van der Waals surface area contributed by atoms with Gasteiger partial charge in [-0.15, -0.1) is 11.3 Å². The van der Waals surface area contributed by atoms with Crippen LogP contribution in [0.15, 0.2) is 29.6 Å². The lowest BCUT2D eigenvalue weighted by Crippen LogP contribution is -2.13. The Kier molecular flexibility index (Phi) is 5.84. The van der Waals surface area contributed by atoms with E-state index < -0.39 is 11.9 Å². The van der Waals surface area contributed by atoms with Gasteiger partial charge in [0.1, 0.15) is 10.7 Å². The molecule has 0 aliphatic heterocycles. The molecule has 0 fully saturated rings. The lowest BCUT2D eigenvalue weighted by atomic mass is 10.0. The lowest BCUT2D eigenvalue weighted by Gasteiger charge is -2.08. The molecule has 0 radical (unpaired) electrons. The van der Waals surface area contributed by atoms with Crippen LogP contribution in [-0.2, 0) is 22.6 Å². The predicted molar refractivity (Wildman–Crippen MR) is 87.7 cm³/mol. The molecule has 1 atom stereocenters. The number of carbonyl (C=O) groups excluding carboxylic acids is 1. The fourth-order valence-corrected chi connectivity index (χ4v) is 2.71. The number of hydrogen-bond acceptors (Lipinski definition) is 5. The molecule has 1 aromatic carbocycles. The highest BCUT2D eigenvalue weighted by molar-refractivity contribution is 7.09. The summed E-state index contributed by atoms with van der Waals surface area (Å²) in [7, 11) is 1.58. The monoisotopic (exact) mass is 334 g/mol. The van der Waals surface area contributed by atoms with Crippen LogP contribution >= 0.6 is 11.3 Å². The van der Waals surface area contributed by atoms with E-state index in [1.807, 2.05) is 12.1 Å². The average Bonchev–Trinajstić information content (AvgIpc) is 2.98. The van der Waals surface area contributed by atoms with Crippen LogP contribution < -0.4 is 5.32 Å². The fourth-order valence-electron chi connectivity index (χ4n) is 1.97. The van der Waals surface area contributed by atoms with Crippen molar-refractivity contribution in [2.75, 3.05) is 12.4 Å². The van der Waals surface area contributed by atoms with Gasteiger partial charge in [0.2, 0.25) is 0 Å². The number of ether oxygens (including phenoxy) is 1. The average molecular weight is 334 g/mol. The lowest BCUT2D eigenvalue weighted by molar-refractivity contribution is -0.141. The second-order valence-corrected chi connectivity index (χ2v) is 6.10. The van der Waals surface area contributed by atoms with Gasteiger partial charge in [-0.3, -0.25) is 9.59 Å². The third-order valence-corrected chi connectivity index (χ3v) is 4.05. The van der Waals surface area contributed by atoms with Gasteiger partial charge in [0.25, 0.3) is 5.91 Å². The van der Waals surface area contributed by atoms with Gasteiger partial charge in [0.05, 0.1) is 12.5 Å². The van der Waals surface area contributed by atoms with Crippen molar-refractivity contribution in [1.82, 2.24) is 4.98 Å². The van der Waals surface area contributed by atoms with E-state index in [0.717, 1.165) is 10.6 Å². The fraction of sp³-hybridized carbons (Fsp3) is 0.312. The number of methoxy groups -OCH3 is 1. The van der Waals surface area contributed by atoms with Crippen LogP contribution in [0, 0.1) is 5.92 Å². The topological polar surface area (TPSA) is 88.5 Å². The number of aromatic nitrogens is 1. The Bertz CT molecular complexity index is 682. The van der Waals surface area contributed by atoms with Gasteiger partial charge in [-0.25, -0.2) is 4.98 Å². The van der Waals surface area contributed by atoms with E-state index in [1.165, 1.54) is 11.3 Å². The number of benzene rings is 1. The van der Waals surface area contributed by atoms with Crippen LogP contribution in [0.4, 0.5) is 5.69 Å². The van der Waals surface area contributed by atoms with Gasteiger partial charge in [0, 0.05) is 18.2 Å². The van der Waals surface area contributed by atoms with Gasteiger partial charge in [-0.2, -0.15) is 0 Å². The molecule has 0 spiro atoms. The van der Waals surface area contributed by atoms with E-state index in [2.05, 4.69) is 10.3 Å². The minimum atomic E-state index is -0.822. The van der Waals surface area contributed by atoms with E-state index in [-0.39, 0.29) is 5.91 Å². The van der Waals surface area contributed by atoms with Gasteiger partial charge in [-0.05, 0) is 24.1 Å². The zero-order valence-electron chi connectivity index (χ0n) is 12.9. The number of carboxylic acid groups (broad SMARTS) is 1. The normalized spacial score (nSPS) is 11.9. The highest BCUT2D eigenvalue weighted by Gasteiger charge is 2.13. The summed E-state index contributed by atoms with van der Waals surface area (Å²) in [5.41, 5.74) is 1.91. The molecule has 1 aromatic heterocycles. The van der Waals surface area contributed by atoms with Crippen LogP contribution in [0.25, 0.3) is 0 Å². The van der Waals surface area contributed by atoms with Crippen molar-refractivity contribution in [3.8, 4) is 0 Å². The smallest absolute Gasteiger partial charge is 0.306 e. The van der Waals surface area contributed by atoms with Crippen LogP contribution in [0.5, 0.6) is 0 Å². The SMILES string of the molecule is COCc1nc(C(=O)Nc2ccc(CC(C)C(=O)O)cc2)cs1. The standard InChI is InChI=1S/C16H18N2O4S/c1-10(16(20)21)7-11-3-5-12(6-4-11)17-15(19)13-9-23-14(18-13)8-22-2/h3-6,9-10H,7-8H2,1-2H3,(H,17,19)(H,20,21). The molecule has 2 rings (SSSR count). The summed E-state index contributed by atoms with van der Waals surface area (Å²) in [5, 5.41) is 14.1. The number of nitrogens with one attached hydrogen (secondary N) is 1. The number of rotatable bonds is 7. The van der Waals surface area contributed by atoms with Gasteiger partial charge < -0.3 is 15.2 Å². The highest BCUT2D eigenvalue weighted by Crippen LogP contribution is 2.16. The first-order chi connectivity index (χ1) is 11.0. The largest absolute Gasteiger partial charge is 0.481 e. The third-order valence-electron chi connectivity index (χ3n) is 3.23. The molecule has 0 saturated carbocycles. The quantitative estimate of drug-likeness (QED) is 0.813. The number of amides is 1. The Balaban J connectivity index is 1.97. The molecule has 0 saturated heterocycles. The molecule has 0 bridgehead atoms. The summed E-state index contributed by atoms with van der Waals surface area (Å²) in [6.07, 6.45) is 0.454. The number of anilines is 1. The molecule has 23 heavy (non-hydrogen) atoms. The predicted octanol–water partition coefficient (Wildman–Crippen LogP) is 2.81. The van der Waals surface area contributed by atoms with E-state index >= 15 is 0 Å². The summed E-state index contributed by atoms with van der Waals surface area (Å²) < 4.78 is 4.98. The molecule has 0 aliphatic rings. The minimum Gasteiger partial charge on any atom is -0.481 e. The Morgan fingerprint density at radius 3 is 2.65 bits per heavy atom. The number of nitrogens with zero attached hydrogens (tertiary/aromatic N) is 1. The minimum absolute atomic E-state index is 0.282. The van der Waals surface area contributed by atoms with E-state index in [1.54, 1.807) is 31.5 Å². The number of aliphatic carboxylic acids is 1. The van der Waals surface area contributed by atoms with Crippen LogP contribution in [0.1, 0.15) is 28.0 Å². The van der Waals surface area contributed by atoms with Gasteiger partial charge in [-0.1, -0.05) is 19.1 Å². The molecular formula is C16H18N2O4S. The molecule has 1 unspecified atom stereocenters. The first-order valence-corrected chi connectivity index (χ1v) is 7.94. The Morgan fingerprint density at radius 1 is 1.35 bits per heavy atom. The molecule has 1 heterocycles. The first kappa shape index (κ1) is 17.1. The molecule has 122 valence electrons. The van der Waals surface area contributed by atoms with E-state index in [0.29, 0.717) is 24.4 Å². The zero-order chi connectivity index (χ0) is 16.8. The van der Waals surface area contributed by atoms with E-state index in [9.17, 15) is 9.59 Å². The van der Waals surface area contributed by atoms with Crippen molar-refractivity contribution in [2.24, 2.45) is 5.92 Å². The number of hydrogen-bond donors (Lipinski definition) is 2. The van der Waals surface area contributed by atoms with Crippen molar-refractivity contribution in [3.05, 3.63) is 45.9 Å². The van der Waals surface area contributed by atoms with Crippen molar-refractivity contribution in [3.63, 3.8) is 0 Å². The number of thiazole rings is 1. The molecular weight excluding hydrogens is 316 g/mol. The van der Waals surface area contributed by atoms with Crippen molar-refractivity contribution >= 4 is 28.9 Å². The van der Waals surface area contributed by atoms with Crippen LogP contribution in [0.3, 0.4) is 0 Å². The first-order valence-electron chi connectivity index (χ1n) is 7.06. The zero-order valence-corrected chi connectivity index (χ0v) is 13.7. The Labute approximate surface area is 138 Å². The highest BCUT2D eigenvalue weighted by atomic mass is 32.1. The maximum Gasteiger partial charge on any atom is 0.306 e. The maximum absolute atomic E-state index is 12.1. The van der Waals surface area contributed by atoms with Crippen LogP contribution in [-0.4, -0.2) is 29.1 Å². The van der Waals surface area contributed by atoms with Crippen molar-refractivity contribution in [2.45, 2.75) is 20.0 Å². The molecule has 0 aliphatic carbocycles. The maximum atomic E-state index is 12.1. The summed E-state index contributed by atoms with van der Waals surface area (Å²) in [4.78, 5) is 27.1. The molecule has 1 amide bonds. The summed E-state index contributed by atoms with van der Waals surface area (Å²) in [6.45, 7) is 2.05. The number of carboxylic acids is 1. The summed E-state index contributed by atoms with van der Waals surface area (Å²) in [5.74, 6) is -1.54. The van der Waals surface area contributed by atoms with Crippen LogP contribution in [0.2, 0.25) is 0 Å². The van der Waals surface area contributed by atoms with Crippen molar-refractivity contribution < 1.29 is 19.4 Å². The third kappa shape index (κ3) is 4.87. The second-order valence-electron chi connectivity index (χ2n) is 5.15. The van der Waals surface area contributed by atoms with E-state index in [4.69, 9.17) is 9.84 Å². The van der Waals surface area contributed by atoms with Gasteiger partial charge >= 0.3 is 5.97 Å². The Morgan fingerprint density at radius 2 is 2.04 bits per heavy atom. The molecule has 2 N–H and O–H groups in total. The molecule has 6 nitrogen and oxygen atoms in total. The van der Waals surface area contributed by atoms with Gasteiger partial charge in [0.15, 0.2) is 0 Å². The summed E-state index contributed by atoms with van der Waals surface area (Å²) in [6, 6.07) is 7.13. The molecule has 2 aromatic rings. The second kappa shape index (κ2) is 7.85. The summed E-state index contributed by atoms with van der Waals surface area (Å²) >= 11 is 1.37. The number of carbonyl (C=O) groups is 2.